The van der Waals surface area contributed by atoms with E-state index in [0.29, 0.717) is 6.10 Å². The topological polar surface area (TPSA) is 39.1 Å². The van der Waals surface area contributed by atoms with Crippen molar-refractivity contribution in [3.8, 4) is 0 Å². The average molecular weight is 324 g/mol. The monoisotopic (exact) mass is 323 g/mol. The maximum atomic E-state index is 5.73. The molecule has 0 radical (unpaired) electrons. The predicted octanol–water partition coefficient (Wildman–Crippen LogP) is 3.32. The molecule has 0 atom stereocenters. The smallest absolute Gasteiger partial charge is 0.135 e. The van der Waals surface area contributed by atoms with E-state index in [1.54, 1.807) is 0 Å². The van der Waals surface area contributed by atoms with Crippen LogP contribution in [0.25, 0.3) is 10.9 Å². The van der Waals surface area contributed by atoms with Gasteiger partial charge in [0.05, 0.1) is 18.2 Å². The third-order valence-corrected chi connectivity index (χ3v) is 4.23. The fourth-order valence-corrected chi connectivity index (χ4v) is 2.85. The molecule has 4 nitrogen and oxygen atoms in total. The molecule has 1 fully saturated rings. The van der Waals surface area contributed by atoms with E-state index >= 15 is 0 Å². The average Bonchev–Trinajstić information content (AvgIpc) is 2.62. The van der Waals surface area contributed by atoms with Crippen molar-refractivity contribution in [2.24, 2.45) is 7.05 Å². The molecule has 1 aromatic carbocycles. The molecule has 1 N–H and O–H groups in total. The highest BCUT2D eigenvalue weighted by molar-refractivity contribution is 9.10. The molecule has 5 heteroatoms. The largest absolute Gasteiger partial charge is 0.383 e. The number of hydrogen-bond donors (Lipinski definition) is 1. The van der Waals surface area contributed by atoms with E-state index in [0.717, 1.165) is 34.3 Å². The minimum Gasteiger partial charge on any atom is -0.383 e. The van der Waals surface area contributed by atoms with Crippen LogP contribution in [-0.4, -0.2) is 29.0 Å². The first-order valence-corrected chi connectivity index (χ1v) is 7.51. The standard InChI is InChI=1S/C14H18BrN3O/c1-18-13-9-10(5-6-12(13)14(15)17-18)16-7-8-19-11-3-2-4-11/h5-6,9,11,16H,2-4,7-8H2,1H3. The molecule has 102 valence electrons. The van der Waals surface area contributed by atoms with E-state index in [1.165, 1.54) is 19.3 Å². The Morgan fingerprint density at radius 3 is 3.05 bits per heavy atom. The summed E-state index contributed by atoms with van der Waals surface area (Å²) in [4.78, 5) is 0. The van der Waals surface area contributed by atoms with Gasteiger partial charge in [-0.25, -0.2) is 0 Å². The molecule has 3 rings (SSSR count). The normalized spacial score (nSPS) is 15.7. The van der Waals surface area contributed by atoms with Gasteiger partial charge in [0, 0.05) is 24.7 Å². The summed E-state index contributed by atoms with van der Waals surface area (Å²) in [6, 6.07) is 6.29. The first kappa shape index (κ1) is 12.9. The number of fused-ring (bicyclic) bond motifs is 1. The molecule has 0 aliphatic heterocycles. The number of benzene rings is 1. The van der Waals surface area contributed by atoms with E-state index in [1.807, 2.05) is 11.7 Å². The van der Waals surface area contributed by atoms with Crippen LogP contribution in [0.3, 0.4) is 0 Å². The number of aromatic nitrogens is 2. The van der Waals surface area contributed by atoms with E-state index in [9.17, 15) is 0 Å². The van der Waals surface area contributed by atoms with Crippen molar-refractivity contribution < 1.29 is 4.74 Å². The Morgan fingerprint density at radius 2 is 2.32 bits per heavy atom. The number of nitrogens with one attached hydrogen (secondary N) is 1. The van der Waals surface area contributed by atoms with Gasteiger partial charge in [-0.05, 0) is 53.4 Å². The van der Waals surface area contributed by atoms with E-state index in [2.05, 4.69) is 44.5 Å². The molecule has 0 bridgehead atoms. The third kappa shape index (κ3) is 2.77. The van der Waals surface area contributed by atoms with E-state index < -0.39 is 0 Å². The molecule has 1 aliphatic rings. The van der Waals surface area contributed by atoms with Gasteiger partial charge in [0.1, 0.15) is 4.60 Å². The zero-order chi connectivity index (χ0) is 13.2. The molecule has 1 heterocycles. The van der Waals surface area contributed by atoms with Gasteiger partial charge in [-0.1, -0.05) is 0 Å². The summed E-state index contributed by atoms with van der Waals surface area (Å²) in [5, 5.41) is 8.88. The highest BCUT2D eigenvalue weighted by atomic mass is 79.9. The zero-order valence-corrected chi connectivity index (χ0v) is 12.6. The van der Waals surface area contributed by atoms with Crippen LogP contribution in [0.4, 0.5) is 5.69 Å². The molecule has 0 saturated heterocycles. The fraction of sp³-hybridized carbons (Fsp3) is 0.500. The minimum absolute atomic E-state index is 0.511. The molecule has 19 heavy (non-hydrogen) atoms. The Balaban J connectivity index is 1.59. The van der Waals surface area contributed by atoms with Gasteiger partial charge < -0.3 is 10.1 Å². The Bertz CT molecular complexity index is 577. The molecule has 1 aliphatic carbocycles. The van der Waals surface area contributed by atoms with Gasteiger partial charge in [-0.2, -0.15) is 5.10 Å². The molecule has 0 unspecified atom stereocenters. The lowest BCUT2D eigenvalue weighted by Gasteiger charge is -2.25. The lowest BCUT2D eigenvalue weighted by atomic mass is 9.96. The first-order chi connectivity index (χ1) is 9.24. The summed E-state index contributed by atoms with van der Waals surface area (Å²) in [7, 11) is 1.95. The van der Waals surface area contributed by atoms with Crippen LogP contribution in [0, 0.1) is 0 Å². The maximum absolute atomic E-state index is 5.73. The Kier molecular flexibility index (Phi) is 3.75. The van der Waals surface area contributed by atoms with Crippen molar-refractivity contribution in [1.82, 2.24) is 9.78 Å². The van der Waals surface area contributed by atoms with Gasteiger partial charge in [0.15, 0.2) is 0 Å². The lowest BCUT2D eigenvalue weighted by Crippen LogP contribution is -2.24. The van der Waals surface area contributed by atoms with Crippen molar-refractivity contribution >= 4 is 32.5 Å². The number of halogens is 1. The lowest BCUT2D eigenvalue weighted by molar-refractivity contribution is 0.00812. The van der Waals surface area contributed by atoms with Crippen molar-refractivity contribution in [1.29, 1.82) is 0 Å². The van der Waals surface area contributed by atoms with Crippen LogP contribution in [-0.2, 0) is 11.8 Å². The molecular weight excluding hydrogens is 306 g/mol. The number of anilines is 1. The Labute approximate surface area is 121 Å². The fourth-order valence-electron chi connectivity index (χ4n) is 2.28. The van der Waals surface area contributed by atoms with Crippen molar-refractivity contribution in [3.63, 3.8) is 0 Å². The third-order valence-electron chi connectivity index (χ3n) is 3.64. The minimum atomic E-state index is 0.511. The highest BCUT2D eigenvalue weighted by Crippen LogP contribution is 2.25. The van der Waals surface area contributed by atoms with E-state index in [4.69, 9.17) is 4.74 Å². The van der Waals surface area contributed by atoms with Crippen LogP contribution >= 0.6 is 15.9 Å². The Morgan fingerprint density at radius 1 is 1.47 bits per heavy atom. The van der Waals surface area contributed by atoms with Gasteiger partial charge >= 0.3 is 0 Å². The Hall–Kier alpha value is -1.07. The van der Waals surface area contributed by atoms with Crippen molar-refractivity contribution in [3.05, 3.63) is 22.8 Å². The highest BCUT2D eigenvalue weighted by Gasteiger charge is 2.17. The summed E-state index contributed by atoms with van der Waals surface area (Å²) < 4.78 is 8.51. The quantitative estimate of drug-likeness (QED) is 0.858. The second-order valence-electron chi connectivity index (χ2n) is 5.00. The number of ether oxygens (including phenoxy) is 1. The summed E-state index contributed by atoms with van der Waals surface area (Å²) in [5.41, 5.74) is 2.23. The number of nitrogens with zero attached hydrogens (tertiary/aromatic N) is 2. The zero-order valence-electron chi connectivity index (χ0n) is 11.0. The summed E-state index contributed by atoms with van der Waals surface area (Å²) in [6.45, 7) is 1.62. The molecule has 1 aromatic heterocycles. The summed E-state index contributed by atoms with van der Waals surface area (Å²) >= 11 is 3.46. The number of rotatable bonds is 5. The van der Waals surface area contributed by atoms with Crippen LogP contribution in [0.5, 0.6) is 0 Å². The van der Waals surface area contributed by atoms with Crippen molar-refractivity contribution in [2.75, 3.05) is 18.5 Å². The molecule has 2 aromatic rings. The van der Waals surface area contributed by atoms with Gasteiger partial charge in [0.2, 0.25) is 0 Å². The molecule has 1 saturated carbocycles. The number of hydrogen-bond acceptors (Lipinski definition) is 3. The van der Waals surface area contributed by atoms with Gasteiger partial charge in [-0.3, -0.25) is 4.68 Å². The van der Waals surface area contributed by atoms with E-state index in [-0.39, 0.29) is 0 Å². The van der Waals surface area contributed by atoms with Crippen LogP contribution in [0.2, 0.25) is 0 Å². The van der Waals surface area contributed by atoms with Crippen LogP contribution in [0.15, 0.2) is 22.8 Å². The first-order valence-electron chi connectivity index (χ1n) is 6.72. The molecule has 0 spiro atoms. The van der Waals surface area contributed by atoms with Crippen LogP contribution < -0.4 is 5.32 Å². The SMILES string of the molecule is Cn1nc(Br)c2ccc(NCCOC3CCC3)cc21. The van der Waals surface area contributed by atoms with Crippen molar-refractivity contribution in [2.45, 2.75) is 25.4 Å². The molecular formula is C14H18BrN3O. The second kappa shape index (κ2) is 5.51. The second-order valence-corrected chi connectivity index (χ2v) is 5.75. The number of aryl methyl sites for hydroxylation is 1. The summed E-state index contributed by atoms with van der Waals surface area (Å²) in [6.07, 6.45) is 4.30. The maximum Gasteiger partial charge on any atom is 0.135 e. The van der Waals surface area contributed by atoms with Crippen LogP contribution in [0.1, 0.15) is 19.3 Å². The summed E-state index contributed by atoms with van der Waals surface area (Å²) in [5.74, 6) is 0. The molecule has 0 amide bonds. The van der Waals surface area contributed by atoms with Gasteiger partial charge in [0.25, 0.3) is 0 Å². The van der Waals surface area contributed by atoms with Gasteiger partial charge in [-0.15, -0.1) is 0 Å². The predicted molar refractivity (Wildman–Crippen MR) is 80.5 cm³/mol.